The summed E-state index contributed by atoms with van der Waals surface area (Å²) in [6, 6.07) is 2.71. The number of fused-ring (bicyclic) bond motifs is 1. The fourth-order valence-corrected chi connectivity index (χ4v) is 2.46. The first-order valence-corrected chi connectivity index (χ1v) is 5.75. The van der Waals surface area contributed by atoms with Crippen LogP contribution in [0.2, 0.25) is 0 Å². The SMILES string of the molecule is CCC1CC1n1c(N)nc2ccc(F)c(F)c21. The summed E-state index contributed by atoms with van der Waals surface area (Å²) in [4.78, 5) is 4.08. The first-order chi connectivity index (χ1) is 8.13. The smallest absolute Gasteiger partial charge is 0.201 e. The Morgan fingerprint density at radius 3 is 2.88 bits per heavy atom. The van der Waals surface area contributed by atoms with Crippen molar-refractivity contribution in [1.29, 1.82) is 0 Å². The number of aromatic nitrogens is 2. The molecule has 2 atom stereocenters. The lowest BCUT2D eigenvalue weighted by atomic mass is 10.2. The van der Waals surface area contributed by atoms with Gasteiger partial charge in [-0.15, -0.1) is 0 Å². The van der Waals surface area contributed by atoms with E-state index in [2.05, 4.69) is 11.9 Å². The van der Waals surface area contributed by atoms with E-state index in [0.717, 1.165) is 18.9 Å². The predicted octanol–water partition coefficient (Wildman–Crippen LogP) is 2.87. The summed E-state index contributed by atoms with van der Waals surface area (Å²) in [6.45, 7) is 2.08. The van der Waals surface area contributed by atoms with Crippen LogP contribution in [0.25, 0.3) is 11.0 Å². The van der Waals surface area contributed by atoms with E-state index in [9.17, 15) is 8.78 Å². The molecule has 0 aliphatic heterocycles. The summed E-state index contributed by atoms with van der Waals surface area (Å²) < 4.78 is 28.7. The minimum absolute atomic E-state index is 0.168. The second kappa shape index (κ2) is 3.42. The van der Waals surface area contributed by atoms with Gasteiger partial charge in [-0.2, -0.15) is 0 Å². The molecular weight excluding hydrogens is 224 g/mol. The van der Waals surface area contributed by atoms with Crippen molar-refractivity contribution in [3.8, 4) is 0 Å². The third-order valence-electron chi connectivity index (χ3n) is 3.51. The van der Waals surface area contributed by atoms with Crippen molar-refractivity contribution in [2.45, 2.75) is 25.8 Å². The van der Waals surface area contributed by atoms with Crippen LogP contribution in [0.5, 0.6) is 0 Å². The van der Waals surface area contributed by atoms with Crippen LogP contribution in [0.4, 0.5) is 14.7 Å². The van der Waals surface area contributed by atoms with Crippen LogP contribution >= 0.6 is 0 Å². The van der Waals surface area contributed by atoms with Gasteiger partial charge < -0.3 is 10.3 Å². The van der Waals surface area contributed by atoms with Gasteiger partial charge in [-0.1, -0.05) is 13.3 Å². The summed E-state index contributed by atoms with van der Waals surface area (Å²) in [6.07, 6.45) is 1.98. The number of nitrogens with zero attached hydrogens (tertiary/aromatic N) is 2. The quantitative estimate of drug-likeness (QED) is 0.872. The Balaban J connectivity index is 2.23. The predicted molar refractivity (Wildman–Crippen MR) is 61.5 cm³/mol. The van der Waals surface area contributed by atoms with Crippen LogP contribution in [0.3, 0.4) is 0 Å². The zero-order chi connectivity index (χ0) is 12.2. The van der Waals surface area contributed by atoms with Crippen LogP contribution in [0, 0.1) is 17.6 Å². The fraction of sp³-hybridized carbons (Fsp3) is 0.417. The summed E-state index contributed by atoms with van der Waals surface area (Å²) in [5, 5.41) is 0. The van der Waals surface area contributed by atoms with Gasteiger partial charge in [-0.3, -0.25) is 0 Å². The van der Waals surface area contributed by atoms with E-state index in [1.54, 1.807) is 4.57 Å². The summed E-state index contributed by atoms with van der Waals surface area (Å²) in [5.41, 5.74) is 6.41. The maximum atomic E-state index is 13.8. The number of nitrogen functional groups attached to an aromatic ring is 1. The van der Waals surface area contributed by atoms with E-state index in [1.807, 2.05) is 0 Å². The molecule has 0 radical (unpaired) electrons. The number of rotatable bonds is 2. The van der Waals surface area contributed by atoms with Crippen LogP contribution in [0.15, 0.2) is 12.1 Å². The minimum Gasteiger partial charge on any atom is -0.369 e. The maximum Gasteiger partial charge on any atom is 0.201 e. The number of benzene rings is 1. The molecule has 0 amide bonds. The van der Waals surface area contributed by atoms with Gasteiger partial charge in [-0.05, 0) is 24.5 Å². The van der Waals surface area contributed by atoms with Crippen molar-refractivity contribution in [3.63, 3.8) is 0 Å². The average Bonchev–Trinajstić information content (AvgIpc) is 3.00. The van der Waals surface area contributed by atoms with Crippen molar-refractivity contribution in [1.82, 2.24) is 9.55 Å². The third kappa shape index (κ3) is 1.41. The number of anilines is 1. The largest absolute Gasteiger partial charge is 0.369 e. The van der Waals surface area contributed by atoms with Gasteiger partial charge in [0.2, 0.25) is 5.95 Å². The van der Waals surface area contributed by atoms with Gasteiger partial charge in [-0.25, -0.2) is 13.8 Å². The Kier molecular flexibility index (Phi) is 2.11. The third-order valence-corrected chi connectivity index (χ3v) is 3.51. The molecule has 0 bridgehead atoms. The van der Waals surface area contributed by atoms with E-state index >= 15 is 0 Å². The Bertz CT molecular complexity index is 591. The van der Waals surface area contributed by atoms with E-state index in [1.165, 1.54) is 6.07 Å². The summed E-state index contributed by atoms with van der Waals surface area (Å²) in [7, 11) is 0. The average molecular weight is 237 g/mol. The van der Waals surface area contributed by atoms with E-state index in [-0.39, 0.29) is 17.5 Å². The van der Waals surface area contributed by atoms with Crippen molar-refractivity contribution in [3.05, 3.63) is 23.8 Å². The molecule has 1 saturated carbocycles. The molecule has 1 aliphatic carbocycles. The monoisotopic (exact) mass is 237 g/mol. The number of halogens is 2. The Morgan fingerprint density at radius 1 is 1.47 bits per heavy atom. The normalized spacial score (nSPS) is 23.2. The Hall–Kier alpha value is -1.65. The second-order valence-electron chi connectivity index (χ2n) is 4.54. The van der Waals surface area contributed by atoms with E-state index < -0.39 is 11.6 Å². The van der Waals surface area contributed by atoms with Gasteiger partial charge in [0.25, 0.3) is 0 Å². The first-order valence-electron chi connectivity index (χ1n) is 5.75. The van der Waals surface area contributed by atoms with E-state index in [0.29, 0.717) is 11.4 Å². The minimum atomic E-state index is -0.854. The fourth-order valence-electron chi connectivity index (χ4n) is 2.46. The van der Waals surface area contributed by atoms with Crippen LogP contribution in [-0.4, -0.2) is 9.55 Å². The Morgan fingerprint density at radius 2 is 2.24 bits per heavy atom. The molecule has 3 nitrogen and oxygen atoms in total. The first kappa shape index (κ1) is 10.5. The number of nitrogens with two attached hydrogens (primary N) is 1. The number of hydrogen-bond donors (Lipinski definition) is 1. The van der Waals surface area contributed by atoms with Gasteiger partial charge >= 0.3 is 0 Å². The van der Waals surface area contributed by atoms with Crippen LogP contribution in [-0.2, 0) is 0 Å². The molecule has 90 valence electrons. The van der Waals surface area contributed by atoms with Crippen molar-refractivity contribution < 1.29 is 8.78 Å². The molecule has 1 aliphatic rings. The zero-order valence-electron chi connectivity index (χ0n) is 9.45. The highest BCUT2D eigenvalue weighted by Crippen LogP contribution is 2.48. The molecule has 0 spiro atoms. The lowest BCUT2D eigenvalue weighted by molar-refractivity contribution is 0.510. The molecule has 0 saturated heterocycles. The van der Waals surface area contributed by atoms with E-state index in [4.69, 9.17) is 5.73 Å². The molecule has 1 aromatic carbocycles. The zero-order valence-corrected chi connectivity index (χ0v) is 9.45. The van der Waals surface area contributed by atoms with Gasteiger partial charge in [0.15, 0.2) is 11.6 Å². The van der Waals surface area contributed by atoms with Crippen molar-refractivity contribution in [2.24, 2.45) is 5.92 Å². The van der Waals surface area contributed by atoms with Crippen molar-refractivity contribution >= 4 is 17.0 Å². The van der Waals surface area contributed by atoms with Crippen LogP contribution in [0.1, 0.15) is 25.8 Å². The molecular formula is C12H13F2N3. The molecule has 2 aromatic rings. The molecule has 2 unspecified atom stereocenters. The molecule has 1 aromatic heterocycles. The lowest BCUT2D eigenvalue weighted by Crippen LogP contribution is -2.03. The second-order valence-corrected chi connectivity index (χ2v) is 4.54. The molecule has 2 N–H and O–H groups in total. The highest BCUT2D eigenvalue weighted by atomic mass is 19.2. The van der Waals surface area contributed by atoms with Crippen molar-refractivity contribution in [2.75, 3.05) is 5.73 Å². The molecule has 3 rings (SSSR count). The molecule has 17 heavy (non-hydrogen) atoms. The highest BCUT2D eigenvalue weighted by Gasteiger charge is 2.39. The summed E-state index contributed by atoms with van der Waals surface area (Å²) in [5.74, 6) is -0.941. The molecule has 1 heterocycles. The Labute approximate surface area is 97.2 Å². The lowest BCUT2D eigenvalue weighted by Gasteiger charge is -2.06. The maximum absolute atomic E-state index is 13.8. The number of imidazole rings is 1. The van der Waals surface area contributed by atoms with Gasteiger partial charge in [0.05, 0.1) is 5.52 Å². The van der Waals surface area contributed by atoms with Crippen LogP contribution < -0.4 is 5.73 Å². The molecule has 1 fully saturated rings. The topological polar surface area (TPSA) is 43.8 Å². The summed E-state index contributed by atoms with van der Waals surface area (Å²) >= 11 is 0. The number of hydrogen-bond acceptors (Lipinski definition) is 2. The standard InChI is InChI=1S/C12H13F2N3/c1-2-6-5-9(6)17-11-8(16-12(17)15)4-3-7(13)10(11)14/h3-4,6,9H,2,5H2,1H3,(H2,15,16). The van der Waals surface area contributed by atoms with Gasteiger partial charge in [0.1, 0.15) is 5.52 Å². The highest BCUT2D eigenvalue weighted by molar-refractivity contribution is 5.79. The molecule has 5 heteroatoms. The van der Waals surface area contributed by atoms with Gasteiger partial charge in [0, 0.05) is 6.04 Å².